The third-order valence-corrected chi connectivity index (χ3v) is 11.5. The number of esters is 6. The molecule has 4 aromatic carbocycles. The summed E-state index contributed by atoms with van der Waals surface area (Å²) in [5.74, 6) is -2.17. The molecule has 0 saturated carbocycles. The number of carbonyl (C=O) groups excluding carboxylic acids is 6. The molecule has 2 heterocycles. The molecule has 2 aliphatic heterocycles. The SMILES string of the molecule is Cc1cc(C2=CCC(C3CC=C(c4cc(C)c(OC(=O)c5ccc6c(c5)C(=O)OC6=O)cc4C)CC3)CC2)c(C)cc1OC(=O)c1ccc2c(c1)C(=O)OC2=O. The minimum Gasteiger partial charge on any atom is -0.423 e. The van der Waals surface area contributed by atoms with E-state index >= 15 is 0 Å². The van der Waals surface area contributed by atoms with E-state index < -0.39 is 35.8 Å². The molecule has 0 bridgehead atoms. The maximum atomic E-state index is 13.0. The molecule has 282 valence electrons. The highest BCUT2D eigenvalue weighted by Gasteiger charge is 2.33. The highest BCUT2D eigenvalue weighted by atomic mass is 16.6. The van der Waals surface area contributed by atoms with Gasteiger partial charge in [0.05, 0.1) is 33.4 Å². The van der Waals surface area contributed by atoms with Crippen molar-refractivity contribution in [3.8, 4) is 11.5 Å². The Hall–Kier alpha value is -6.42. The fraction of sp³-hybridized carbons (Fsp3) is 0.261. The molecule has 0 saturated heterocycles. The third-order valence-electron chi connectivity index (χ3n) is 11.5. The molecular weight excluding hydrogens is 712 g/mol. The third kappa shape index (κ3) is 6.76. The summed E-state index contributed by atoms with van der Waals surface area (Å²) in [4.78, 5) is 73.5. The van der Waals surface area contributed by atoms with Gasteiger partial charge in [0, 0.05) is 0 Å². The Morgan fingerprint density at radius 1 is 0.500 bits per heavy atom. The fourth-order valence-corrected chi connectivity index (χ4v) is 8.29. The maximum Gasteiger partial charge on any atom is 0.346 e. The predicted octanol–water partition coefficient (Wildman–Crippen LogP) is 9.05. The van der Waals surface area contributed by atoms with Crippen molar-refractivity contribution in [1.82, 2.24) is 0 Å². The van der Waals surface area contributed by atoms with Gasteiger partial charge in [0.1, 0.15) is 11.5 Å². The van der Waals surface area contributed by atoms with Crippen LogP contribution in [-0.4, -0.2) is 35.8 Å². The van der Waals surface area contributed by atoms with Gasteiger partial charge >= 0.3 is 35.8 Å². The van der Waals surface area contributed by atoms with Crippen LogP contribution < -0.4 is 9.47 Å². The van der Waals surface area contributed by atoms with Crippen molar-refractivity contribution in [2.75, 3.05) is 0 Å². The lowest BCUT2D eigenvalue weighted by Gasteiger charge is -2.33. The summed E-state index contributed by atoms with van der Waals surface area (Å²) >= 11 is 0. The van der Waals surface area contributed by atoms with Gasteiger partial charge in [0.15, 0.2) is 0 Å². The van der Waals surface area contributed by atoms with Crippen LogP contribution in [0.25, 0.3) is 11.1 Å². The van der Waals surface area contributed by atoms with Crippen LogP contribution >= 0.6 is 0 Å². The number of cyclic esters (lactones) is 4. The van der Waals surface area contributed by atoms with E-state index in [2.05, 4.69) is 33.8 Å². The molecule has 2 unspecified atom stereocenters. The van der Waals surface area contributed by atoms with Gasteiger partial charge in [-0.1, -0.05) is 12.2 Å². The lowest BCUT2D eigenvalue weighted by Crippen LogP contribution is -2.19. The second-order valence-electron chi connectivity index (χ2n) is 15.0. The quantitative estimate of drug-likeness (QED) is 0.102. The van der Waals surface area contributed by atoms with Crippen LogP contribution in [0.3, 0.4) is 0 Å². The zero-order chi connectivity index (χ0) is 39.4. The molecule has 2 atom stereocenters. The van der Waals surface area contributed by atoms with E-state index in [1.165, 1.54) is 47.5 Å². The maximum absolute atomic E-state index is 13.0. The van der Waals surface area contributed by atoms with Gasteiger partial charge in [-0.05, 0) is 183 Å². The lowest BCUT2D eigenvalue weighted by atomic mass is 9.72. The molecule has 0 fully saturated rings. The molecule has 0 N–H and O–H groups in total. The molecule has 2 aliphatic carbocycles. The first kappa shape index (κ1) is 36.6. The van der Waals surface area contributed by atoms with E-state index in [-0.39, 0.29) is 33.4 Å². The molecule has 4 aromatic rings. The van der Waals surface area contributed by atoms with E-state index in [0.29, 0.717) is 23.3 Å². The van der Waals surface area contributed by atoms with Crippen LogP contribution in [0, 0.1) is 39.5 Å². The normalized spacial score (nSPS) is 18.7. The zero-order valence-corrected chi connectivity index (χ0v) is 31.4. The Morgan fingerprint density at radius 3 is 1.27 bits per heavy atom. The summed E-state index contributed by atoms with van der Waals surface area (Å²) in [6.45, 7) is 7.85. The number of carbonyl (C=O) groups is 6. The Balaban J connectivity index is 0.887. The van der Waals surface area contributed by atoms with E-state index in [0.717, 1.165) is 71.9 Å². The number of rotatable bonds is 7. The first-order valence-corrected chi connectivity index (χ1v) is 18.7. The number of fused-ring (bicyclic) bond motifs is 2. The second-order valence-corrected chi connectivity index (χ2v) is 15.0. The van der Waals surface area contributed by atoms with Gasteiger partial charge in [-0.2, -0.15) is 0 Å². The first-order valence-electron chi connectivity index (χ1n) is 18.7. The Morgan fingerprint density at radius 2 is 0.893 bits per heavy atom. The number of ether oxygens (including phenoxy) is 4. The van der Waals surface area contributed by atoms with Crippen molar-refractivity contribution >= 4 is 47.0 Å². The predicted molar refractivity (Wildman–Crippen MR) is 205 cm³/mol. The molecule has 4 aliphatic rings. The number of benzene rings is 4. The van der Waals surface area contributed by atoms with Gasteiger partial charge in [0.25, 0.3) is 0 Å². The van der Waals surface area contributed by atoms with E-state index in [1.54, 1.807) is 0 Å². The largest absolute Gasteiger partial charge is 0.423 e. The summed E-state index contributed by atoms with van der Waals surface area (Å²) in [6.07, 6.45) is 10.9. The van der Waals surface area contributed by atoms with Crippen LogP contribution in [0.1, 0.15) is 134 Å². The van der Waals surface area contributed by atoms with Crippen molar-refractivity contribution in [3.63, 3.8) is 0 Å². The van der Waals surface area contributed by atoms with E-state index in [9.17, 15) is 28.8 Å². The molecule has 0 amide bonds. The van der Waals surface area contributed by atoms with Crippen molar-refractivity contribution in [3.05, 3.63) is 140 Å². The molecular formula is C46H38O10. The average molecular weight is 751 g/mol. The van der Waals surface area contributed by atoms with Crippen LogP contribution in [0.2, 0.25) is 0 Å². The van der Waals surface area contributed by atoms with Crippen LogP contribution in [0.4, 0.5) is 0 Å². The molecule has 0 radical (unpaired) electrons. The summed E-state index contributed by atoms with van der Waals surface area (Å²) in [5, 5.41) is 0. The van der Waals surface area contributed by atoms with Gasteiger partial charge in [0.2, 0.25) is 0 Å². The topological polar surface area (TPSA) is 139 Å². The number of hydrogen-bond acceptors (Lipinski definition) is 10. The minimum absolute atomic E-state index is 0.0598. The standard InChI is InChI=1S/C46H38O10/c1-23-19-39(53-41(47)31-13-15-33-37(21-31)45(51)55-43(33)49)25(3)17-35(23)29-9-5-27(6-10-29)28-7-11-30(12-8-28)36-18-26(4)40(20-24(36)2)54-42(48)32-14-16-34-38(22-32)46(52)56-44(34)50/h9,11,13-22,27-28H,5-8,10,12H2,1-4H3. The molecule has 8 rings (SSSR count). The zero-order valence-electron chi connectivity index (χ0n) is 31.4. The lowest BCUT2D eigenvalue weighted by molar-refractivity contribution is 0.0425. The molecule has 56 heavy (non-hydrogen) atoms. The highest BCUT2D eigenvalue weighted by Crippen LogP contribution is 2.43. The monoisotopic (exact) mass is 750 g/mol. The van der Waals surface area contributed by atoms with Crippen molar-refractivity contribution in [2.24, 2.45) is 11.8 Å². The summed E-state index contributed by atoms with van der Waals surface area (Å²) < 4.78 is 20.7. The second kappa shape index (κ2) is 14.3. The highest BCUT2D eigenvalue weighted by molar-refractivity contribution is 6.16. The minimum atomic E-state index is -0.772. The number of aryl methyl sites for hydroxylation is 4. The number of allylic oxidation sites excluding steroid dienone is 4. The smallest absolute Gasteiger partial charge is 0.346 e. The summed E-state index contributed by atoms with van der Waals surface area (Å²) in [5.41, 5.74) is 9.29. The Kier molecular flexibility index (Phi) is 9.36. The number of hydrogen-bond donors (Lipinski definition) is 0. The van der Waals surface area contributed by atoms with Crippen LogP contribution in [0.5, 0.6) is 11.5 Å². The summed E-state index contributed by atoms with van der Waals surface area (Å²) in [6, 6.07) is 16.3. The van der Waals surface area contributed by atoms with E-state index in [1.807, 2.05) is 39.8 Å². The summed E-state index contributed by atoms with van der Waals surface area (Å²) in [7, 11) is 0. The van der Waals surface area contributed by atoms with Crippen molar-refractivity contribution < 1.29 is 47.7 Å². The van der Waals surface area contributed by atoms with Gasteiger partial charge in [-0.25, -0.2) is 28.8 Å². The molecule has 10 heteroatoms. The molecule has 0 aromatic heterocycles. The first-order chi connectivity index (χ1) is 26.8. The van der Waals surface area contributed by atoms with Crippen LogP contribution in [0.15, 0.2) is 72.8 Å². The van der Waals surface area contributed by atoms with Crippen molar-refractivity contribution in [2.45, 2.75) is 66.2 Å². The van der Waals surface area contributed by atoms with E-state index in [4.69, 9.17) is 9.47 Å². The van der Waals surface area contributed by atoms with Gasteiger partial charge < -0.3 is 18.9 Å². The van der Waals surface area contributed by atoms with Crippen molar-refractivity contribution in [1.29, 1.82) is 0 Å². The fourth-order valence-electron chi connectivity index (χ4n) is 8.29. The molecule has 0 spiro atoms. The Bertz CT molecular complexity index is 2330. The van der Waals surface area contributed by atoms with Gasteiger partial charge in [-0.15, -0.1) is 0 Å². The van der Waals surface area contributed by atoms with Crippen LogP contribution in [-0.2, 0) is 9.47 Å². The average Bonchev–Trinajstić information content (AvgIpc) is 3.65. The Labute approximate surface area is 323 Å². The molecule has 10 nitrogen and oxygen atoms in total. The van der Waals surface area contributed by atoms with Gasteiger partial charge in [-0.3, -0.25) is 0 Å².